The van der Waals surface area contributed by atoms with Crippen molar-refractivity contribution >= 4 is 35.0 Å². The highest BCUT2D eigenvalue weighted by Crippen LogP contribution is 2.33. The van der Waals surface area contributed by atoms with Gasteiger partial charge in [-0.05, 0) is 44.0 Å². The predicted molar refractivity (Wildman–Crippen MR) is 163 cm³/mol. The molecule has 2 aliphatic rings. The number of allylic oxidation sites excluding steroid dienone is 1. The molecule has 2 aromatic carbocycles. The summed E-state index contributed by atoms with van der Waals surface area (Å²) >= 11 is 0. The van der Waals surface area contributed by atoms with Gasteiger partial charge in [0.2, 0.25) is 12.7 Å². The normalized spacial score (nSPS) is 18.2. The summed E-state index contributed by atoms with van der Waals surface area (Å²) in [6.07, 6.45) is 6.01. The lowest BCUT2D eigenvalue weighted by atomic mass is 10.1. The number of carbonyl (C=O) groups is 1. The number of carbonyl (C=O) groups excluding carboxylic acids is 1. The van der Waals surface area contributed by atoms with Crippen molar-refractivity contribution in [2.75, 3.05) is 36.6 Å². The van der Waals surface area contributed by atoms with Crippen LogP contribution < -0.4 is 25.0 Å². The zero-order valence-corrected chi connectivity index (χ0v) is 24.2. The zero-order valence-electron chi connectivity index (χ0n) is 24.2. The van der Waals surface area contributed by atoms with Crippen LogP contribution in [-0.4, -0.2) is 69.0 Å². The van der Waals surface area contributed by atoms with Crippen molar-refractivity contribution in [3.05, 3.63) is 72.1 Å². The molecule has 11 heteroatoms. The molecule has 2 N–H and O–H groups in total. The van der Waals surface area contributed by atoms with Crippen LogP contribution in [0, 0.1) is 0 Å². The van der Waals surface area contributed by atoms with E-state index in [-0.39, 0.29) is 24.9 Å². The first-order valence-corrected chi connectivity index (χ1v) is 14.4. The van der Waals surface area contributed by atoms with Gasteiger partial charge in [-0.25, -0.2) is 9.78 Å². The van der Waals surface area contributed by atoms with E-state index in [0.717, 1.165) is 28.3 Å². The SMILES string of the molecule is CCNC(=O)N1CC(C)N(c2nc(NCc3ccc4c(c3)OCO4)c3ncn(CC=Cc4ccccc4)c3n2)CC1C. The Morgan fingerprint density at radius 3 is 2.71 bits per heavy atom. The summed E-state index contributed by atoms with van der Waals surface area (Å²) in [5.41, 5.74) is 3.62. The van der Waals surface area contributed by atoms with Gasteiger partial charge in [0.05, 0.1) is 6.33 Å². The second kappa shape index (κ2) is 12.0. The van der Waals surface area contributed by atoms with Crippen molar-refractivity contribution in [2.45, 2.75) is 45.9 Å². The standard InChI is InChI=1S/C31H36N8O3/c1-4-32-31(40)39-18-21(2)38(17-22(39)3)30-35-28(33-16-24-12-13-25-26(15-24)42-20-41-25)27-29(36-30)37(19-34-27)14-8-11-23-9-6-5-7-10-23/h5-13,15,19,21-22H,4,14,16-18,20H2,1-3H3,(H,32,40)(H,33,35,36). The van der Waals surface area contributed by atoms with Crippen molar-refractivity contribution in [1.29, 1.82) is 0 Å². The zero-order chi connectivity index (χ0) is 29.1. The van der Waals surface area contributed by atoms with Gasteiger partial charge in [0, 0.05) is 44.8 Å². The Kier molecular flexibility index (Phi) is 7.81. The van der Waals surface area contributed by atoms with Crippen LogP contribution in [0.5, 0.6) is 11.5 Å². The molecule has 42 heavy (non-hydrogen) atoms. The quantitative estimate of drug-likeness (QED) is 0.320. The lowest BCUT2D eigenvalue weighted by Crippen LogP contribution is -2.60. The van der Waals surface area contributed by atoms with E-state index in [9.17, 15) is 4.79 Å². The summed E-state index contributed by atoms with van der Waals surface area (Å²) in [7, 11) is 0. The van der Waals surface area contributed by atoms with E-state index in [1.165, 1.54) is 0 Å². The fourth-order valence-electron chi connectivity index (χ4n) is 5.36. The van der Waals surface area contributed by atoms with Crippen LogP contribution in [0.2, 0.25) is 0 Å². The van der Waals surface area contributed by atoms with Crippen LogP contribution in [0.3, 0.4) is 0 Å². The molecular weight excluding hydrogens is 532 g/mol. The molecule has 2 amide bonds. The molecule has 0 radical (unpaired) electrons. The first kappa shape index (κ1) is 27.4. The maximum Gasteiger partial charge on any atom is 0.317 e. The van der Waals surface area contributed by atoms with Crippen LogP contribution in [0.25, 0.3) is 17.2 Å². The second-order valence-corrected chi connectivity index (χ2v) is 10.6. The van der Waals surface area contributed by atoms with Gasteiger partial charge in [0.25, 0.3) is 0 Å². The molecular formula is C31H36N8O3. The number of hydrogen-bond acceptors (Lipinski definition) is 8. The predicted octanol–water partition coefficient (Wildman–Crippen LogP) is 4.51. The lowest BCUT2D eigenvalue weighted by Gasteiger charge is -2.44. The average Bonchev–Trinajstić information content (AvgIpc) is 3.64. The van der Waals surface area contributed by atoms with Gasteiger partial charge in [-0.2, -0.15) is 9.97 Å². The molecule has 2 aromatic heterocycles. The van der Waals surface area contributed by atoms with Gasteiger partial charge in [0.15, 0.2) is 28.5 Å². The molecule has 0 spiro atoms. The van der Waals surface area contributed by atoms with E-state index < -0.39 is 0 Å². The van der Waals surface area contributed by atoms with Crippen molar-refractivity contribution in [3.8, 4) is 11.5 Å². The molecule has 2 atom stereocenters. The third-order valence-corrected chi connectivity index (χ3v) is 7.59. The third-order valence-electron chi connectivity index (χ3n) is 7.59. The Morgan fingerprint density at radius 2 is 1.88 bits per heavy atom. The molecule has 6 rings (SSSR count). The van der Waals surface area contributed by atoms with E-state index in [2.05, 4.69) is 53.7 Å². The van der Waals surface area contributed by atoms with Crippen LogP contribution in [0.15, 0.2) is 60.9 Å². The lowest BCUT2D eigenvalue weighted by molar-refractivity contribution is 0.161. The number of benzene rings is 2. The highest BCUT2D eigenvalue weighted by molar-refractivity contribution is 5.84. The number of ether oxygens (including phenoxy) is 2. The second-order valence-electron chi connectivity index (χ2n) is 10.6. The number of nitrogens with one attached hydrogen (secondary N) is 2. The number of urea groups is 1. The number of anilines is 2. The maximum absolute atomic E-state index is 12.6. The van der Waals surface area contributed by atoms with E-state index in [4.69, 9.17) is 24.4 Å². The number of nitrogens with zero attached hydrogens (tertiary/aromatic N) is 6. The number of fused-ring (bicyclic) bond motifs is 2. The molecule has 1 saturated heterocycles. The molecule has 0 bridgehead atoms. The maximum atomic E-state index is 12.6. The minimum Gasteiger partial charge on any atom is -0.454 e. The summed E-state index contributed by atoms with van der Waals surface area (Å²) in [6, 6.07) is 16.1. The number of amides is 2. The Morgan fingerprint density at radius 1 is 1.05 bits per heavy atom. The Labute approximate surface area is 245 Å². The van der Waals surface area contributed by atoms with E-state index in [0.29, 0.717) is 50.0 Å². The molecule has 0 aliphatic carbocycles. The minimum atomic E-state index is -0.0396. The Hall–Kier alpha value is -4.80. The monoisotopic (exact) mass is 568 g/mol. The van der Waals surface area contributed by atoms with Gasteiger partial charge >= 0.3 is 6.03 Å². The number of piperazine rings is 1. The fraction of sp³-hybridized carbons (Fsp3) is 0.355. The summed E-state index contributed by atoms with van der Waals surface area (Å²) in [5, 5.41) is 6.43. The Bertz CT molecular complexity index is 1590. The molecule has 11 nitrogen and oxygen atoms in total. The first-order chi connectivity index (χ1) is 20.5. The average molecular weight is 569 g/mol. The van der Waals surface area contributed by atoms with Crippen molar-refractivity contribution < 1.29 is 14.3 Å². The number of aromatic nitrogens is 4. The smallest absolute Gasteiger partial charge is 0.317 e. The third kappa shape index (κ3) is 5.67. The number of hydrogen-bond donors (Lipinski definition) is 2. The van der Waals surface area contributed by atoms with E-state index in [1.54, 1.807) is 0 Å². The summed E-state index contributed by atoms with van der Waals surface area (Å²) in [5.74, 6) is 2.76. The molecule has 0 saturated carbocycles. The van der Waals surface area contributed by atoms with Gasteiger partial charge in [0.1, 0.15) is 0 Å². The van der Waals surface area contributed by atoms with Crippen LogP contribution in [0.4, 0.5) is 16.6 Å². The van der Waals surface area contributed by atoms with E-state index >= 15 is 0 Å². The number of rotatable bonds is 8. The fourth-order valence-corrected chi connectivity index (χ4v) is 5.36. The van der Waals surface area contributed by atoms with Gasteiger partial charge in [-0.15, -0.1) is 0 Å². The van der Waals surface area contributed by atoms with Gasteiger partial charge < -0.3 is 34.5 Å². The molecule has 2 aliphatic heterocycles. The summed E-state index contributed by atoms with van der Waals surface area (Å²) in [6.45, 7) is 9.27. The van der Waals surface area contributed by atoms with Crippen molar-refractivity contribution in [3.63, 3.8) is 0 Å². The Balaban J connectivity index is 1.30. The summed E-state index contributed by atoms with van der Waals surface area (Å²) in [4.78, 5) is 31.4. The van der Waals surface area contributed by atoms with Crippen molar-refractivity contribution in [1.82, 2.24) is 29.7 Å². The highest BCUT2D eigenvalue weighted by atomic mass is 16.7. The largest absolute Gasteiger partial charge is 0.454 e. The highest BCUT2D eigenvalue weighted by Gasteiger charge is 2.34. The molecule has 4 aromatic rings. The van der Waals surface area contributed by atoms with Gasteiger partial charge in [-0.1, -0.05) is 48.6 Å². The molecule has 1 fully saturated rings. The van der Waals surface area contributed by atoms with Crippen LogP contribution in [0.1, 0.15) is 31.9 Å². The molecule has 218 valence electrons. The molecule has 4 heterocycles. The minimum absolute atomic E-state index is 0.00388. The van der Waals surface area contributed by atoms with E-state index in [1.807, 2.05) is 59.1 Å². The first-order valence-electron chi connectivity index (χ1n) is 14.4. The topological polar surface area (TPSA) is 110 Å². The number of imidazole rings is 1. The van der Waals surface area contributed by atoms with Crippen molar-refractivity contribution in [2.24, 2.45) is 0 Å². The molecule has 2 unspecified atom stereocenters. The summed E-state index contributed by atoms with van der Waals surface area (Å²) < 4.78 is 13.0. The van der Waals surface area contributed by atoms with Gasteiger partial charge in [-0.3, -0.25) is 0 Å². The van der Waals surface area contributed by atoms with Crippen LogP contribution >= 0.6 is 0 Å². The van der Waals surface area contributed by atoms with Crippen LogP contribution in [-0.2, 0) is 13.1 Å².